The zero-order chi connectivity index (χ0) is 11.8. The number of rotatable bonds is 8. The molecule has 92 valence electrons. The largest absolute Gasteiger partial charge is 0.336 e. The van der Waals surface area contributed by atoms with Gasteiger partial charge in [-0.25, -0.2) is 4.98 Å². The molecule has 0 saturated carbocycles. The van der Waals surface area contributed by atoms with Crippen molar-refractivity contribution in [3.05, 3.63) is 18.2 Å². The van der Waals surface area contributed by atoms with Gasteiger partial charge in [-0.15, -0.1) is 0 Å². The van der Waals surface area contributed by atoms with Crippen molar-refractivity contribution >= 4 is 0 Å². The normalized spacial score (nSPS) is 12.9. The van der Waals surface area contributed by atoms with Crippen LogP contribution in [0, 0.1) is 0 Å². The van der Waals surface area contributed by atoms with E-state index in [9.17, 15) is 0 Å². The molecule has 0 saturated heterocycles. The van der Waals surface area contributed by atoms with Crippen molar-refractivity contribution in [3.8, 4) is 0 Å². The van der Waals surface area contributed by atoms with Gasteiger partial charge in [0, 0.05) is 31.9 Å². The molecule has 1 unspecified atom stereocenters. The lowest BCUT2D eigenvalue weighted by Gasteiger charge is -2.11. The van der Waals surface area contributed by atoms with Crippen molar-refractivity contribution in [2.75, 3.05) is 6.54 Å². The fourth-order valence-corrected chi connectivity index (χ4v) is 1.66. The highest BCUT2D eigenvalue weighted by Crippen LogP contribution is 2.01. The molecule has 0 aromatic carbocycles. The topological polar surface area (TPSA) is 55.9 Å². The van der Waals surface area contributed by atoms with E-state index in [4.69, 9.17) is 5.73 Å². The molecule has 1 heterocycles. The third-order valence-electron chi connectivity index (χ3n) is 2.70. The predicted molar refractivity (Wildman–Crippen MR) is 67.1 cm³/mol. The van der Waals surface area contributed by atoms with Crippen LogP contribution in [0.5, 0.6) is 0 Å². The molecule has 0 aliphatic rings. The van der Waals surface area contributed by atoms with E-state index in [1.165, 1.54) is 19.3 Å². The van der Waals surface area contributed by atoms with E-state index >= 15 is 0 Å². The van der Waals surface area contributed by atoms with Gasteiger partial charge in [0.15, 0.2) is 0 Å². The Morgan fingerprint density at radius 2 is 2.38 bits per heavy atom. The van der Waals surface area contributed by atoms with Crippen molar-refractivity contribution in [2.24, 2.45) is 5.73 Å². The van der Waals surface area contributed by atoms with E-state index < -0.39 is 0 Å². The Morgan fingerprint density at radius 1 is 1.56 bits per heavy atom. The highest BCUT2D eigenvalue weighted by Gasteiger charge is 2.02. The number of unbranched alkanes of at least 4 members (excludes halogenated alkanes) is 1. The van der Waals surface area contributed by atoms with Gasteiger partial charge in [0.05, 0.1) is 12.0 Å². The molecule has 0 fully saturated rings. The Labute approximate surface area is 98.2 Å². The lowest BCUT2D eigenvalue weighted by atomic mass is 10.1. The van der Waals surface area contributed by atoms with E-state index in [-0.39, 0.29) is 0 Å². The second-order valence-corrected chi connectivity index (χ2v) is 4.32. The molecule has 1 aromatic heterocycles. The van der Waals surface area contributed by atoms with Crippen molar-refractivity contribution in [2.45, 2.75) is 52.2 Å². The van der Waals surface area contributed by atoms with Crippen LogP contribution in [0.25, 0.3) is 0 Å². The van der Waals surface area contributed by atoms with Crippen LogP contribution in [0.2, 0.25) is 0 Å². The van der Waals surface area contributed by atoms with Crippen LogP contribution >= 0.6 is 0 Å². The summed E-state index contributed by atoms with van der Waals surface area (Å²) in [6, 6.07) is 0.569. The Bertz CT molecular complexity index is 282. The highest BCUT2D eigenvalue weighted by atomic mass is 15.1. The van der Waals surface area contributed by atoms with Gasteiger partial charge >= 0.3 is 0 Å². The van der Waals surface area contributed by atoms with Crippen LogP contribution in [0.3, 0.4) is 0 Å². The minimum atomic E-state index is 0.569. The number of hydrogen-bond acceptors (Lipinski definition) is 3. The van der Waals surface area contributed by atoms with E-state index in [0.29, 0.717) is 12.6 Å². The van der Waals surface area contributed by atoms with Crippen molar-refractivity contribution in [1.82, 2.24) is 14.9 Å². The summed E-state index contributed by atoms with van der Waals surface area (Å²) in [5.74, 6) is 0. The molecule has 0 spiro atoms. The zero-order valence-electron chi connectivity index (χ0n) is 10.4. The lowest BCUT2D eigenvalue weighted by molar-refractivity contribution is 0.492. The molecule has 0 radical (unpaired) electrons. The van der Waals surface area contributed by atoms with Crippen molar-refractivity contribution < 1.29 is 0 Å². The SMILES string of the molecule is CCCCC(C)NCc1cn(CCN)cn1. The first-order valence-electron chi connectivity index (χ1n) is 6.20. The number of nitrogens with two attached hydrogens (primary N) is 1. The standard InChI is InChI=1S/C12H24N4/c1-3-4-5-11(2)14-8-12-9-16(7-6-13)10-15-12/h9-11,14H,3-8,13H2,1-2H3. The van der Waals surface area contributed by atoms with Crippen molar-refractivity contribution in [1.29, 1.82) is 0 Å². The molecule has 4 heteroatoms. The fraction of sp³-hybridized carbons (Fsp3) is 0.750. The zero-order valence-corrected chi connectivity index (χ0v) is 10.4. The van der Waals surface area contributed by atoms with Crippen LogP contribution in [0.1, 0.15) is 38.8 Å². The minimum absolute atomic E-state index is 0.569. The summed E-state index contributed by atoms with van der Waals surface area (Å²) in [5.41, 5.74) is 6.58. The number of nitrogens with one attached hydrogen (secondary N) is 1. The molecule has 4 nitrogen and oxygen atoms in total. The summed E-state index contributed by atoms with van der Waals surface area (Å²) in [6.45, 7) is 6.81. The maximum absolute atomic E-state index is 5.48. The first-order chi connectivity index (χ1) is 7.76. The molecular formula is C12H24N4. The number of hydrogen-bond donors (Lipinski definition) is 2. The summed E-state index contributed by atoms with van der Waals surface area (Å²) in [7, 11) is 0. The molecule has 16 heavy (non-hydrogen) atoms. The van der Waals surface area contributed by atoms with Crippen LogP contribution < -0.4 is 11.1 Å². The maximum atomic E-state index is 5.48. The lowest BCUT2D eigenvalue weighted by Crippen LogP contribution is -2.25. The quantitative estimate of drug-likeness (QED) is 0.704. The molecule has 0 amide bonds. The average molecular weight is 224 g/mol. The smallest absolute Gasteiger partial charge is 0.0950 e. The van der Waals surface area contributed by atoms with Gasteiger partial charge in [-0.1, -0.05) is 19.8 Å². The molecular weight excluding hydrogens is 200 g/mol. The second kappa shape index (κ2) is 7.41. The van der Waals surface area contributed by atoms with Gasteiger partial charge in [-0.3, -0.25) is 0 Å². The summed E-state index contributed by atoms with van der Waals surface area (Å²) >= 11 is 0. The molecule has 0 bridgehead atoms. The molecule has 1 atom stereocenters. The number of nitrogens with zero attached hydrogens (tertiary/aromatic N) is 2. The molecule has 0 aliphatic carbocycles. The molecule has 3 N–H and O–H groups in total. The molecule has 1 rings (SSSR count). The molecule has 1 aromatic rings. The number of imidazole rings is 1. The van der Waals surface area contributed by atoms with Gasteiger partial charge in [0.1, 0.15) is 0 Å². The number of aromatic nitrogens is 2. The summed E-state index contributed by atoms with van der Waals surface area (Å²) in [4.78, 5) is 4.33. The van der Waals surface area contributed by atoms with E-state index in [2.05, 4.69) is 30.3 Å². The Kier molecular flexibility index (Phi) is 6.11. The predicted octanol–water partition coefficient (Wildman–Crippen LogP) is 1.51. The van der Waals surface area contributed by atoms with Crippen LogP contribution in [-0.4, -0.2) is 22.1 Å². The highest BCUT2D eigenvalue weighted by molar-refractivity contribution is 4.96. The van der Waals surface area contributed by atoms with Crippen LogP contribution in [-0.2, 0) is 13.1 Å². The van der Waals surface area contributed by atoms with E-state index in [1.54, 1.807) is 0 Å². The maximum Gasteiger partial charge on any atom is 0.0950 e. The molecule has 0 aliphatic heterocycles. The minimum Gasteiger partial charge on any atom is -0.336 e. The van der Waals surface area contributed by atoms with Gasteiger partial charge < -0.3 is 15.6 Å². The van der Waals surface area contributed by atoms with Crippen LogP contribution in [0.4, 0.5) is 0 Å². The van der Waals surface area contributed by atoms with Gasteiger partial charge in [-0.2, -0.15) is 0 Å². The monoisotopic (exact) mass is 224 g/mol. The third kappa shape index (κ3) is 4.77. The Morgan fingerprint density at radius 3 is 3.06 bits per heavy atom. The summed E-state index contributed by atoms with van der Waals surface area (Å²) in [6.07, 6.45) is 7.69. The van der Waals surface area contributed by atoms with Gasteiger partial charge in [0.25, 0.3) is 0 Å². The average Bonchev–Trinajstić information content (AvgIpc) is 2.72. The van der Waals surface area contributed by atoms with E-state index in [0.717, 1.165) is 18.8 Å². The first-order valence-corrected chi connectivity index (χ1v) is 6.20. The van der Waals surface area contributed by atoms with Crippen LogP contribution in [0.15, 0.2) is 12.5 Å². The van der Waals surface area contributed by atoms with Gasteiger partial charge in [-0.05, 0) is 13.3 Å². The van der Waals surface area contributed by atoms with E-state index in [1.807, 2.05) is 10.9 Å². The fourth-order valence-electron chi connectivity index (χ4n) is 1.66. The van der Waals surface area contributed by atoms with Crippen molar-refractivity contribution in [3.63, 3.8) is 0 Å². The summed E-state index contributed by atoms with van der Waals surface area (Å²) in [5, 5.41) is 3.48. The Hall–Kier alpha value is -0.870. The summed E-state index contributed by atoms with van der Waals surface area (Å²) < 4.78 is 2.04. The second-order valence-electron chi connectivity index (χ2n) is 4.32. The Balaban J connectivity index is 2.25. The first kappa shape index (κ1) is 13.2. The third-order valence-corrected chi connectivity index (χ3v) is 2.70. The van der Waals surface area contributed by atoms with Gasteiger partial charge in [0.2, 0.25) is 0 Å².